The van der Waals surface area contributed by atoms with Gasteiger partial charge in [-0.15, -0.1) is 0 Å². The van der Waals surface area contributed by atoms with Crippen molar-refractivity contribution in [3.8, 4) is 0 Å². The summed E-state index contributed by atoms with van der Waals surface area (Å²) >= 11 is 0. The highest BCUT2D eigenvalue weighted by atomic mass is 16.5. The van der Waals surface area contributed by atoms with Crippen LogP contribution in [0.15, 0.2) is 18.2 Å². The first-order valence-corrected chi connectivity index (χ1v) is 9.05. The molecule has 0 spiro atoms. The van der Waals surface area contributed by atoms with E-state index in [1.54, 1.807) is 0 Å². The number of esters is 1. The molecule has 0 aliphatic heterocycles. The van der Waals surface area contributed by atoms with Gasteiger partial charge in [0.15, 0.2) is 0 Å². The fourth-order valence-electron chi connectivity index (χ4n) is 4.77. The van der Waals surface area contributed by atoms with Crippen molar-refractivity contribution in [1.29, 1.82) is 0 Å². The van der Waals surface area contributed by atoms with E-state index in [1.165, 1.54) is 55.2 Å². The molecule has 0 aromatic heterocycles. The summed E-state index contributed by atoms with van der Waals surface area (Å²) in [5, 5.41) is 0. The molecule has 0 heterocycles. The Hall–Kier alpha value is -1.57. The maximum Gasteiger partial charge on any atom is 0.338 e. The number of allylic oxidation sites excluding steroid dienone is 1. The van der Waals surface area contributed by atoms with Crippen molar-refractivity contribution >= 4 is 11.5 Å². The third-order valence-corrected chi connectivity index (χ3v) is 6.60. The van der Waals surface area contributed by atoms with Crippen LogP contribution < -0.4 is 0 Å². The minimum Gasteiger partial charge on any atom is -0.461 e. The fourth-order valence-corrected chi connectivity index (χ4v) is 4.77. The van der Waals surface area contributed by atoms with Gasteiger partial charge in [-0.1, -0.05) is 18.2 Å². The van der Waals surface area contributed by atoms with E-state index >= 15 is 0 Å². The second-order valence-electron chi connectivity index (χ2n) is 7.92. The molecule has 122 valence electrons. The standard InChI is InChI=1S/C21H26O2/c1-14-3-4-17-5-6-18(19(17)15(14)2)20(22)23-13-21-10-7-16(8-11-21)9-12-21/h3-4,6,16H,5,7-13H2,1-2H3. The molecule has 2 nitrogen and oxygen atoms in total. The molecule has 0 saturated heterocycles. The Labute approximate surface area is 138 Å². The average molecular weight is 310 g/mol. The van der Waals surface area contributed by atoms with E-state index in [9.17, 15) is 4.79 Å². The topological polar surface area (TPSA) is 26.3 Å². The van der Waals surface area contributed by atoms with Crippen LogP contribution in [-0.4, -0.2) is 12.6 Å². The quantitative estimate of drug-likeness (QED) is 0.753. The minimum absolute atomic E-state index is 0.112. The van der Waals surface area contributed by atoms with E-state index in [0.717, 1.165) is 23.5 Å². The molecule has 0 radical (unpaired) electrons. The van der Waals surface area contributed by atoms with E-state index in [4.69, 9.17) is 4.74 Å². The van der Waals surface area contributed by atoms with Crippen LogP contribution in [0.2, 0.25) is 0 Å². The second kappa shape index (κ2) is 5.51. The molecule has 1 aromatic rings. The Bertz CT molecular complexity index is 662. The van der Waals surface area contributed by atoms with Crippen LogP contribution in [0, 0.1) is 25.2 Å². The number of fused-ring (bicyclic) bond motifs is 4. The lowest BCUT2D eigenvalue weighted by Crippen LogP contribution is -2.38. The Kier molecular flexibility index (Phi) is 3.59. The predicted molar refractivity (Wildman–Crippen MR) is 92.2 cm³/mol. The smallest absolute Gasteiger partial charge is 0.338 e. The SMILES string of the molecule is Cc1ccc2c(c1C)C(C(=O)OCC13CCC(CC1)CC3)=CC2. The molecule has 2 heteroatoms. The van der Waals surface area contributed by atoms with Crippen LogP contribution in [0.1, 0.15) is 60.8 Å². The van der Waals surface area contributed by atoms with Gasteiger partial charge in [-0.2, -0.15) is 0 Å². The number of hydrogen-bond donors (Lipinski definition) is 0. The lowest BCUT2D eigenvalue weighted by Gasteiger charge is -2.46. The first kappa shape index (κ1) is 15.0. The molecular weight excluding hydrogens is 284 g/mol. The Morgan fingerprint density at radius 1 is 1.17 bits per heavy atom. The summed E-state index contributed by atoms with van der Waals surface area (Å²) in [4.78, 5) is 12.7. The van der Waals surface area contributed by atoms with Gasteiger partial charge >= 0.3 is 5.97 Å². The van der Waals surface area contributed by atoms with E-state index in [1.807, 2.05) is 0 Å². The summed E-state index contributed by atoms with van der Waals surface area (Å²) in [5.41, 5.74) is 5.93. The van der Waals surface area contributed by atoms with Crippen molar-refractivity contribution in [2.75, 3.05) is 6.61 Å². The lowest BCUT2D eigenvalue weighted by molar-refractivity contribution is -0.142. The normalized spacial score (nSPS) is 28.4. The van der Waals surface area contributed by atoms with E-state index in [-0.39, 0.29) is 11.4 Å². The summed E-state index contributed by atoms with van der Waals surface area (Å²) < 4.78 is 5.83. The Morgan fingerprint density at radius 3 is 2.57 bits per heavy atom. The van der Waals surface area contributed by atoms with Gasteiger partial charge in [0.2, 0.25) is 0 Å². The van der Waals surface area contributed by atoms with E-state index in [2.05, 4.69) is 32.1 Å². The highest BCUT2D eigenvalue weighted by molar-refractivity contribution is 6.18. The minimum atomic E-state index is -0.112. The molecule has 23 heavy (non-hydrogen) atoms. The van der Waals surface area contributed by atoms with Gasteiger partial charge in [0.25, 0.3) is 0 Å². The first-order chi connectivity index (χ1) is 11.1. The number of hydrogen-bond acceptors (Lipinski definition) is 2. The molecule has 4 aliphatic rings. The number of aryl methyl sites for hydroxylation is 1. The third-order valence-electron chi connectivity index (χ3n) is 6.60. The maximum absolute atomic E-state index is 12.7. The zero-order valence-corrected chi connectivity index (χ0v) is 14.3. The van der Waals surface area contributed by atoms with Gasteiger partial charge in [0.05, 0.1) is 12.2 Å². The molecular formula is C21H26O2. The summed E-state index contributed by atoms with van der Waals surface area (Å²) in [5.74, 6) is 0.835. The largest absolute Gasteiger partial charge is 0.461 e. The van der Waals surface area contributed by atoms with Crippen LogP contribution in [0.5, 0.6) is 0 Å². The summed E-state index contributed by atoms with van der Waals surface area (Å²) in [7, 11) is 0. The maximum atomic E-state index is 12.7. The summed E-state index contributed by atoms with van der Waals surface area (Å²) in [6.07, 6.45) is 10.7. The molecule has 5 rings (SSSR count). The van der Waals surface area contributed by atoms with Crippen molar-refractivity contribution in [3.63, 3.8) is 0 Å². The molecule has 1 aromatic carbocycles. The molecule has 0 unspecified atom stereocenters. The molecule has 3 fully saturated rings. The van der Waals surface area contributed by atoms with Crippen molar-refractivity contribution in [2.45, 2.75) is 58.8 Å². The monoisotopic (exact) mass is 310 g/mol. The van der Waals surface area contributed by atoms with Gasteiger partial charge in [-0.25, -0.2) is 4.79 Å². The number of carbonyl (C=O) groups excluding carboxylic acids is 1. The average Bonchev–Trinajstić information content (AvgIpc) is 3.03. The Morgan fingerprint density at radius 2 is 1.87 bits per heavy atom. The zero-order chi connectivity index (χ0) is 16.0. The number of ether oxygens (including phenoxy) is 1. The van der Waals surface area contributed by atoms with Gasteiger partial charge in [0, 0.05) is 5.41 Å². The van der Waals surface area contributed by atoms with Crippen molar-refractivity contribution in [3.05, 3.63) is 40.5 Å². The molecule has 2 bridgehead atoms. The van der Waals surface area contributed by atoms with Gasteiger partial charge in [-0.05, 0) is 87.0 Å². The van der Waals surface area contributed by atoms with E-state index < -0.39 is 0 Å². The highest BCUT2D eigenvalue weighted by Crippen LogP contribution is 2.50. The van der Waals surface area contributed by atoms with Crippen LogP contribution >= 0.6 is 0 Å². The van der Waals surface area contributed by atoms with Gasteiger partial charge in [0.1, 0.15) is 0 Å². The predicted octanol–water partition coefficient (Wildman–Crippen LogP) is 4.76. The van der Waals surface area contributed by atoms with E-state index in [0.29, 0.717) is 6.61 Å². The first-order valence-electron chi connectivity index (χ1n) is 9.05. The zero-order valence-electron chi connectivity index (χ0n) is 14.3. The van der Waals surface area contributed by atoms with Crippen molar-refractivity contribution in [2.24, 2.45) is 11.3 Å². The molecule has 0 atom stereocenters. The highest BCUT2D eigenvalue weighted by Gasteiger charge is 2.41. The van der Waals surface area contributed by atoms with Crippen LogP contribution in [0.4, 0.5) is 0 Å². The molecule has 4 aliphatic carbocycles. The molecule has 0 N–H and O–H groups in total. The molecule has 0 amide bonds. The summed E-state index contributed by atoms with van der Waals surface area (Å²) in [6, 6.07) is 4.30. The molecule has 3 saturated carbocycles. The van der Waals surface area contributed by atoms with Crippen LogP contribution in [0.25, 0.3) is 5.57 Å². The van der Waals surface area contributed by atoms with Crippen molar-refractivity contribution < 1.29 is 9.53 Å². The van der Waals surface area contributed by atoms with Gasteiger partial charge < -0.3 is 4.74 Å². The third kappa shape index (κ3) is 2.52. The number of benzene rings is 1. The lowest BCUT2D eigenvalue weighted by atomic mass is 9.61. The van der Waals surface area contributed by atoms with Gasteiger partial charge in [-0.3, -0.25) is 0 Å². The van der Waals surface area contributed by atoms with Crippen LogP contribution in [-0.2, 0) is 16.0 Å². The second-order valence-corrected chi connectivity index (χ2v) is 7.92. The van der Waals surface area contributed by atoms with Crippen LogP contribution in [0.3, 0.4) is 0 Å². The van der Waals surface area contributed by atoms with Crippen molar-refractivity contribution in [1.82, 2.24) is 0 Å². The summed E-state index contributed by atoms with van der Waals surface area (Å²) in [6.45, 7) is 4.84. The number of carbonyl (C=O) groups is 1. The number of rotatable bonds is 3. The fraction of sp³-hybridized carbons (Fsp3) is 0.571. The Balaban J connectivity index is 1.48.